The fourth-order valence-electron chi connectivity index (χ4n) is 3.45. The largest absolute Gasteiger partial charge is 0.348 e. The Morgan fingerprint density at radius 1 is 1.18 bits per heavy atom. The van der Waals surface area contributed by atoms with E-state index in [2.05, 4.69) is 22.5 Å². The van der Waals surface area contributed by atoms with Crippen LogP contribution in [0.25, 0.3) is 22.2 Å². The van der Waals surface area contributed by atoms with Crippen molar-refractivity contribution in [1.29, 1.82) is 0 Å². The van der Waals surface area contributed by atoms with E-state index in [1.54, 1.807) is 12.4 Å². The highest BCUT2D eigenvalue weighted by Gasteiger charge is 2.24. The van der Waals surface area contributed by atoms with Gasteiger partial charge in [0.15, 0.2) is 0 Å². The topological polar surface area (TPSA) is 66.9 Å². The van der Waals surface area contributed by atoms with Gasteiger partial charge >= 0.3 is 0 Å². The number of fused-ring (bicyclic) bond motifs is 1. The maximum atomic E-state index is 13.1. The molecule has 2 unspecified atom stereocenters. The van der Waals surface area contributed by atoms with Crippen LogP contribution in [0, 0.1) is 5.92 Å². The summed E-state index contributed by atoms with van der Waals surface area (Å²) in [4.78, 5) is 22.0. The Morgan fingerprint density at radius 3 is 2.75 bits per heavy atom. The Balaban J connectivity index is 0.00000140. The van der Waals surface area contributed by atoms with Gasteiger partial charge in [-0.15, -0.1) is 24.8 Å². The number of carbonyl (C=O) groups is 1. The second-order valence-corrected chi connectivity index (χ2v) is 6.86. The monoisotopic (exact) mass is 418 g/mol. The summed E-state index contributed by atoms with van der Waals surface area (Å²) in [5.74, 6) is 0.417. The maximum absolute atomic E-state index is 13.1. The second-order valence-electron chi connectivity index (χ2n) is 6.86. The zero-order valence-corrected chi connectivity index (χ0v) is 17.2. The summed E-state index contributed by atoms with van der Waals surface area (Å²) in [5.41, 5.74) is 3.14. The molecule has 4 rings (SSSR count). The van der Waals surface area contributed by atoms with Gasteiger partial charge in [-0.2, -0.15) is 0 Å². The summed E-state index contributed by atoms with van der Waals surface area (Å²) < 4.78 is 0. The molecule has 1 saturated heterocycles. The molecule has 7 heteroatoms. The lowest BCUT2D eigenvalue weighted by Gasteiger charge is -2.30. The second kappa shape index (κ2) is 9.82. The number of halogens is 2. The number of carbonyl (C=O) groups excluding carboxylic acids is 1. The zero-order valence-electron chi connectivity index (χ0n) is 15.6. The van der Waals surface area contributed by atoms with Crippen LogP contribution in [0.1, 0.15) is 23.7 Å². The number of rotatable bonds is 3. The molecule has 1 fully saturated rings. The van der Waals surface area contributed by atoms with E-state index in [0.29, 0.717) is 11.5 Å². The highest BCUT2D eigenvalue weighted by molar-refractivity contribution is 6.07. The molecule has 1 amide bonds. The number of para-hydroxylation sites is 1. The van der Waals surface area contributed by atoms with Crippen LogP contribution < -0.4 is 10.6 Å². The molecule has 0 aliphatic carbocycles. The number of hydrogen-bond donors (Lipinski definition) is 2. The zero-order chi connectivity index (χ0) is 17.9. The molecule has 0 radical (unpaired) electrons. The SMILES string of the molecule is CC1CCNCC1NC(=O)c1cc(-c2cccnc2)nc2ccccc12.Cl.Cl. The summed E-state index contributed by atoms with van der Waals surface area (Å²) in [7, 11) is 0. The molecule has 5 nitrogen and oxygen atoms in total. The summed E-state index contributed by atoms with van der Waals surface area (Å²) in [6, 6.07) is 13.6. The number of hydrogen-bond acceptors (Lipinski definition) is 4. The summed E-state index contributed by atoms with van der Waals surface area (Å²) in [6.45, 7) is 4.01. The first kappa shape index (κ1) is 22.1. The predicted octanol–water partition coefficient (Wildman–Crippen LogP) is 3.87. The van der Waals surface area contributed by atoms with Crippen molar-refractivity contribution in [2.24, 2.45) is 5.92 Å². The first-order chi connectivity index (χ1) is 12.7. The highest BCUT2D eigenvalue weighted by Crippen LogP contribution is 2.25. The van der Waals surface area contributed by atoms with Crippen LogP contribution in [0.4, 0.5) is 0 Å². The summed E-state index contributed by atoms with van der Waals surface area (Å²) >= 11 is 0. The molecule has 148 valence electrons. The van der Waals surface area contributed by atoms with Crippen molar-refractivity contribution in [1.82, 2.24) is 20.6 Å². The number of piperidine rings is 1. The molecule has 2 N–H and O–H groups in total. The van der Waals surface area contributed by atoms with Crippen molar-refractivity contribution in [3.63, 3.8) is 0 Å². The molecule has 3 heterocycles. The van der Waals surface area contributed by atoms with Crippen LogP contribution in [0.3, 0.4) is 0 Å². The van der Waals surface area contributed by atoms with E-state index >= 15 is 0 Å². The number of benzene rings is 1. The van der Waals surface area contributed by atoms with E-state index in [4.69, 9.17) is 4.98 Å². The first-order valence-electron chi connectivity index (χ1n) is 9.04. The minimum atomic E-state index is -0.0470. The van der Waals surface area contributed by atoms with Crippen LogP contribution in [0.2, 0.25) is 0 Å². The van der Waals surface area contributed by atoms with Crippen molar-refractivity contribution in [2.45, 2.75) is 19.4 Å². The molecule has 2 aromatic heterocycles. The third-order valence-electron chi connectivity index (χ3n) is 5.06. The van der Waals surface area contributed by atoms with Gasteiger partial charge in [0.1, 0.15) is 0 Å². The third-order valence-corrected chi connectivity index (χ3v) is 5.06. The average Bonchev–Trinajstić information content (AvgIpc) is 2.69. The number of nitrogens with zero attached hydrogens (tertiary/aromatic N) is 2. The molecule has 1 aliphatic heterocycles. The smallest absolute Gasteiger partial charge is 0.252 e. The normalized spacial score (nSPS) is 18.6. The van der Waals surface area contributed by atoms with Gasteiger partial charge < -0.3 is 10.6 Å². The van der Waals surface area contributed by atoms with Crippen LogP contribution in [-0.2, 0) is 0 Å². The molecule has 0 bridgehead atoms. The van der Waals surface area contributed by atoms with E-state index in [1.807, 2.05) is 42.5 Å². The van der Waals surface area contributed by atoms with Gasteiger partial charge in [-0.1, -0.05) is 25.1 Å². The van der Waals surface area contributed by atoms with Gasteiger partial charge in [0.2, 0.25) is 0 Å². The lowest BCUT2D eigenvalue weighted by molar-refractivity contribution is 0.0917. The summed E-state index contributed by atoms with van der Waals surface area (Å²) in [5, 5.41) is 7.44. The van der Waals surface area contributed by atoms with Crippen molar-refractivity contribution >= 4 is 41.6 Å². The fraction of sp³-hybridized carbons (Fsp3) is 0.286. The molecule has 3 aromatic rings. The van der Waals surface area contributed by atoms with Gasteiger partial charge in [0, 0.05) is 35.9 Å². The van der Waals surface area contributed by atoms with E-state index in [-0.39, 0.29) is 36.8 Å². The molecular formula is C21H24Cl2N4O. The molecule has 1 aromatic carbocycles. The number of amides is 1. The average molecular weight is 419 g/mol. The molecule has 0 saturated carbocycles. The highest BCUT2D eigenvalue weighted by atomic mass is 35.5. The standard InChI is InChI=1S/C21H22N4O.2ClH/c1-14-8-10-23-13-20(14)25-21(26)17-11-19(15-5-4-9-22-12-15)24-18-7-3-2-6-16(17)18;;/h2-7,9,11-12,14,20,23H,8,10,13H2,1H3,(H,25,26);2*1H. The lowest BCUT2D eigenvalue weighted by atomic mass is 9.94. The molecule has 0 spiro atoms. The number of nitrogens with one attached hydrogen (secondary N) is 2. The predicted molar refractivity (Wildman–Crippen MR) is 117 cm³/mol. The lowest BCUT2D eigenvalue weighted by Crippen LogP contribution is -2.50. The van der Waals surface area contributed by atoms with Crippen LogP contribution in [0.15, 0.2) is 54.9 Å². The third kappa shape index (κ3) is 4.61. The quantitative estimate of drug-likeness (QED) is 0.677. The number of aromatic nitrogens is 2. The minimum absolute atomic E-state index is 0. The summed E-state index contributed by atoms with van der Waals surface area (Å²) in [6.07, 6.45) is 4.57. The Bertz CT molecular complexity index is 936. The van der Waals surface area contributed by atoms with Crippen LogP contribution in [0.5, 0.6) is 0 Å². The van der Waals surface area contributed by atoms with Crippen molar-refractivity contribution in [2.75, 3.05) is 13.1 Å². The Morgan fingerprint density at radius 2 is 2.00 bits per heavy atom. The molecule has 28 heavy (non-hydrogen) atoms. The molecule has 1 aliphatic rings. The van der Waals surface area contributed by atoms with Gasteiger partial charge in [-0.25, -0.2) is 4.98 Å². The van der Waals surface area contributed by atoms with Gasteiger partial charge in [-0.3, -0.25) is 9.78 Å². The van der Waals surface area contributed by atoms with Gasteiger partial charge in [0.25, 0.3) is 5.91 Å². The van der Waals surface area contributed by atoms with Crippen molar-refractivity contribution < 1.29 is 4.79 Å². The molecular weight excluding hydrogens is 395 g/mol. The Hall–Kier alpha value is -2.21. The van der Waals surface area contributed by atoms with Crippen molar-refractivity contribution in [3.05, 3.63) is 60.4 Å². The fourth-order valence-corrected chi connectivity index (χ4v) is 3.45. The van der Waals surface area contributed by atoms with E-state index in [0.717, 1.165) is 41.7 Å². The Labute approximate surface area is 177 Å². The Kier molecular flexibility index (Phi) is 7.75. The first-order valence-corrected chi connectivity index (χ1v) is 9.04. The maximum Gasteiger partial charge on any atom is 0.252 e. The van der Waals surface area contributed by atoms with E-state index < -0.39 is 0 Å². The van der Waals surface area contributed by atoms with Crippen LogP contribution >= 0.6 is 24.8 Å². The minimum Gasteiger partial charge on any atom is -0.348 e. The van der Waals surface area contributed by atoms with Crippen molar-refractivity contribution in [3.8, 4) is 11.3 Å². The number of pyridine rings is 2. The molecule has 2 atom stereocenters. The van der Waals surface area contributed by atoms with Gasteiger partial charge in [-0.05, 0) is 43.1 Å². The van der Waals surface area contributed by atoms with E-state index in [9.17, 15) is 4.79 Å². The van der Waals surface area contributed by atoms with Crippen LogP contribution in [-0.4, -0.2) is 35.0 Å². The van der Waals surface area contributed by atoms with E-state index in [1.165, 1.54) is 0 Å². The van der Waals surface area contributed by atoms with Gasteiger partial charge in [0.05, 0.1) is 16.8 Å².